The first kappa shape index (κ1) is 11.9. The number of carbonyl (C=O) groups is 1. The molecule has 1 aliphatic heterocycles. The van der Waals surface area contributed by atoms with Gasteiger partial charge in [-0.3, -0.25) is 9.59 Å². The van der Waals surface area contributed by atoms with Crippen LogP contribution in [0.4, 0.5) is 0 Å². The largest absolute Gasteiger partial charge is 0.367 e. The van der Waals surface area contributed by atoms with Crippen molar-refractivity contribution in [3.8, 4) is 0 Å². The molecule has 0 saturated carbocycles. The number of aromatic nitrogens is 1. The number of nitrogens with zero attached hydrogens (tertiary/aromatic N) is 1. The van der Waals surface area contributed by atoms with E-state index in [2.05, 4.69) is 11.9 Å². The molecule has 2 rings (SSSR count). The second kappa shape index (κ2) is 5.17. The Hall–Kier alpha value is -1.58. The van der Waals surface area contributed by atoms with Gasteiger partial charge in [-0.05, 0) is 19.8 Å². The average molecular weight is 234 g/mol. The summed E-state index contributed by atoms with van der Waals surface area (Å²) in [7, 11) is 0. The van der Waals surface area contributed by atoms with Crippen LogP contribution < -0.4 is 5.43 Å². The minimum Gasteiger partial charge on any atom is -0.367 e. The monoisotopic (exact) mass is 234 g/mol. The highest BCUT2D eigenvalue weighted by atomic mass is 16.2. The zero-order valence-corrected chi connectivity index (χ0v) is 10.1. The fourth-order valence-corrected chi connectivity index (χ4v) is 2.31. The van der Waals surface area contributed by atoms with Gasteiger partial charge in [0, 0.05) is 31.0 Å². The van der Waals surface area contributed by atoms with Gasteiger partial charge < -0.3 is 9.88 Å². The predicted molar refractivity (Wildman–Crippen MR) is 66.0 cm³/mol. The summed E-state index contributed by atoms with van der Waals surface area (Å²) in [4.78, 5) is 28.6. The first-order valence-electron chi connectivity index (χ1n) is 6.18. The van der Waals surface area contributed by atoms with Crippen LogP contribution in [0.25, 0.3) is 0 Å². The molecule has 17 heavy (non-hydrogen) atoms. The molecule has 4 nitrogen and oxygen atoms in total. The molecule has 1 saturated heterocycles. The van der Waals surface area contributed by atoms with E-state index in [1.54, 1.807) is 6.20 Å². The quantitative estimate of drug-likeness (QED) is 0.805. The van der Waals surface area contributed by atoms with Gasteiger partial charge in [0.2, 0.25) is 0 Å². The molecule has 1 atom stereocenters. The summed E-state index contributed by atoms with van der Waals surface area (Å²) in [5.41, 5.74) is 0.0476. The molecule has 1 N–H and O–H groups in total. The van der Waals surface area contributed by atoms with Gasteiger partial charge in [-0.1, -0.05) is 12.8 Å². The summed E-state index contributed by atoms with van der Waals surface area (Å²) >= 11 is 0. The van der Waals surface area contributed by atoms with Crippen molar-refractivity contribution in [2.24, 2.45) is 0 Å². The fourth-order valence-electron chi connectivity index (χ4n) is 2.31. The average Bonchev–Trinajstić information content (AvgIpc) is 2.54. The lowest BCUT2D eigenvalue weighted by molar-refractivity contribution is 0.0696. The van der Waals surface area contributed by atoms with E-state index >= 15 is 0 Å². The van der Waals surface area contributed by atoms with E-state index in [0.29, 0.717) is 0 Å². The van der Waals surface area contributed by atoms with Crippen molar-refractivity contribution in [2.75, 3.05) is 6.54 Å². The fraction of sp³-hybridized carbons (Fsp3) is 0.538. The van der Waals surface area contributed by atoms with E-state index in [4.69, 9.17) is 0 Å². The lowest BCUT2D eigenvalue weighted by Gasteiger charge is -2.26. The maximum absolute atomic E-state index is 12.3. The van der Waals surface area contributed by atoms with E-state index < -0.39 is 0 Å². The summed E-state index contributed by atoms with van der Waals surface area (Å²) in [6.07, 6.45) is 7.43. The number of hydrogen-bond donors (Lipinski definition) is 1. The van der Waals surface area contributed by atoms with Crippen LogP contribution in [0.3, 0.4) is 0 Å². The van der Waals surface area contributed by atoms with Crippen LogP contribution in [0.5, 0.6) is 0 Å². The SMILES string of the molecule is CC1CCCCCN1C(=O)c1c[nH]ccc1=O. The van der Waals surface area contributed by atoms with Crippen LogP contribution in [0.15, 0.2) is 23.3 Å². The zero-order chi connectivity index (χ0) is 12.3. The number of H-pyrrole nitrogens is 1. The van der Waals surface area contributed by atoms with Gasteiger partial charge >= 0.3 is 0 Å². The smallest absolute Gasteiger partial charge is 0.259 e. The van der Waals surface area contributed by atoms with Crippen LogP contribution in [0.2, 0.25) is 0 Å². The number of likely N-dealkylation sites (tertiary alicyclic amines) is 1. The summed E-state index contributed by atoms with van der Waals surface area (Å²) in [6.45, 7) is 2.81. The highest BCUT2D eigenvalue weighted by Crippen LogP contribution is 2.17. The van der Waals surface area contributed by atoms with Crippen LogP contribution >= 0.6 is 0 Å². The Morgan fingerprint density at radius 3 is 3.00 bits per heavy atom. The Bertz CT molecular complexity index is 453. The second-order valence-corrected chi connectivity index (χ2v) is 4.62. The van der Waals surface area contributed by atoms with Crippen molar-refractivity contribution >= 4 is 5.91 Å². The van der Waals surface area contributed by atoms with E-state index in [1.165, 1.54) is 18.7 Å². The van der Waals surface area contributed by atoms with Crippen molar-refractivity contribution in [1.82, 2.24) is 9.88 Å². The Morgan fingerprint density at radius 1 is 1.41 bits per heavy atom. The van der Waals surface area contributed by atoms with Crippen LogP contribution in [-0.2, 0) is 0 Å². The van der Waals surface area contributed by atoms with E-state index in [9.17, 15) is 9.59 Å². The molecule has 0 aromatic carbocycles. The molecule has 4 heteroatoms. The molecular formula is C13H18N2O2. The summed E-state index contributed by atoms with van der Waals surface area (Å²) in [6, 6.07) is 1.63. The Balaban J connectivity index is 2.24. The first-order valence-corrected chi connectivity index (χ1v) is 6.18. The van der Waals surface area contributed by atoms with Gasteiger partial charge in [0.15, 0.2) is 5.43 Å². The molecule has 0 spiro atoms. The van der Waals surface area contributed by atoms with Crippen LogP contribution in [-0.4, -0.2) is 28.4 Å². The number of hydrogen-bond acceptors (Lipinski definition) is 2. The van der Waals surface area contributed by atoms with Gasteiger partial charge in [-0.25, -0.2) is 0 Å². The molecule has 2 heterocycles. The number of rotatable bonds is 1. The highest BCUT2D eigenvalue weighted by Gasteiger charge is 2.24. The second-order valence-electron chi connectivity index (χ2n) is 4.62. The lowest BCUT2D eigenvalue weighted by Crippen LogP contribution is -2.40. The van der Waals surface area contributed by atoms with Crippen molar-refractivity contribution in [1.29, 1.82) is 0 Å². The lowest BCUT2D eigenvalue weighted by atomic mass is 10.1. The normalized spacial score (nSPS) is 21.0. The molecule has 0 aliphatic carbocycles. The molecule has 1 fully saturated rings. The topological polar surface area (TPSA) is 53.2 Å². The molecule has 1 aromatic rings. The Kier molecular flexibility index (Phi) is 3.61. The Labute approximate surface area is 101 Å². The third-order valence-corrected chi connectivity index (χ3v) is 3.37. The Morgan fingerprint density at radius 2 is 2.24 bits per heavy atom. The standard InChI is InChI=1S/C13H18N2O2/c1-10-5-3-2-4-8-15(10)13(17)11-9-14-7-6-12(11)16/h6-7,9-10H,2-5,8H2,1H3,(H,14,16). The minimum atomic E-state index is -0.204. The molecule has 0 bridgehead atoms. The molecule has 1 aromatic heterocycles. The molecule has 1 unspecified atom stereocenters. The van der Waals surface area contributed by atoms with Gasteiger partial charge in [0.05, 0.1) is 0 Å². The molecular weight excluding hydrogens is 216 g/mol. The van der Waals surface area contributed by atoms with Crippen molar-refractivity contribution < 1.29 is 4.79 Å². The third kappa shape index (κ3) is 2.57. The number of carbonyl (C=O) groups excluding carboxylic acids is 1. The van der Waals surface area contributed by atoms with Gasteiger partial charge in [-0.2, -0.15) is 0 Å². The van der Waals surface area contributed by atoms with Crippen LogP contribution in [0, 0.1) is 0 Å². The van der Waals surface area contributed by atoms with Gasteiger partial charge in [0.1, 0.15) is 5.56 Å². The van der Waals surface area contributed by atoms with E-state index in [1.807, 2.05) is 4.90 Å². The number of pyridine rings is 1. The summed E-state index contributed by atoms with van der Waals surface area (Å²) in [5.74, 6) is -0.138. The van der Waals surface area contributed by atoms with Gasteiger partial charge in [0.25, 0.3) is 5.91 Å². The first-order chi connectivity index (χ1) is 8.20. The molecule has 92 valence electrons. The third-order valence-electron chi connectivity index (χ3n) is 3.37. The maximum atomic E-state index is 12.3. The van der Waals surface area contributed by atoms with Crippen molar-refractivity contribution in [2.45, 2.75) is 38.6 Å². The number of nitrogens with one attached hydrogen (secondary N) is 1. The van der Waals surface area contributed by atoms with Gasteiger partial charge in [-0.15, -0.1) is 0 Å². The molecule has 1 aliphatic rings. The molecule has 0 radical (unpaired) electrons. The van der Waals surface area contributed by atoms with Crippen molar-refractivity contribution in [3.63, 3.8) is 0 Å². The van der Waals surface area contributed by atoms with E-state index in [-0.39, 0.29) is 22.9 Å². The number of aromatic amines is 1. The number of amides is 1. The van der Waals surface area contributed by atoms with E-state index in [0.717, 1.165) is 25.8 Å². The minimum absolute atomic E-state index is 0.138. The molecule has 1 amide bonds. The summed E-state index contributed by atoms with van der Waals surface area (Å²) in [5, 5.41) is 0. The van der Waals surface area contributed by atoms with Crippen molar-refractivity contribution in [3.05, 3.63) is 34.2 Å². The predicted octanol–water partition coefficient (Wildman–Crippen LogP) is 1.78. The summed E-state index contributed by atoms with van der Waals surface area (Å²) < 4.78 is 0. The maximum Gasteiger partial charge on any atom is 0.259 e. The highest BCUT2D eigenvalue weighted by molar-refractivity contribution is 5.94. The van der Waals surface area contributed by atoms with Crippen LogP contribution in [0.1, 0.15) is 43.0 Å². The zero-order valence-electron chi connectivity index (χ0n) is 10.1.